The van der Waals surface area contributed by atoms with Gasteiger partial charge in [-0.05, 0) is 49.1 Å². The minimum atomic E-state index is -0.264. The SMILES string of the molecule is CCOc1ccccc1NC(=O)C(CC)Sc1cccc(NC(=O)CC(C)(C)C)c1. The van der Waals surface area contributed by atoms with Crippen LogP contribution >= 0.6 is 11.8 Å². The second-order valence-electron chi connectivity index (χ2n) is 8.25. The maximum absolute atomic E-state index is 12.9. The number of anilines is 2. The maximum atomic E-state index is 12.9. The van der Waals surface area contributed by atoms with E-state index in [0.717, 1.165) is 10.6 Å². The molecule has 0 saturated carbocycles. The van der Waals surface area contributed by atoms with Crippen LogP contribution in [0.5, 0.6) is 5.75 Å². The molecule has 0 aliphatic carbocycles. The van der Waals surface area contributed by atoms with Gasteiger partial charge in [0, 0.05) is 17.0 Å². The van der Waals surface area contributed by atoms with Crippen molar-refractivity contribution in [3.05, 3.63) is 48.5 Å². The van der Waals surface area contributed by atoms with E-state index in [1.807, 2.05) is 83.1 Å². The largest absolute Gasteiger partial charge is 0.492 e. The molecule has 0 aliphatic heterocycles. The van der Waals surface area contributed by atoms with E-state index in [9.17, 15) is 9.59 Å². The molecule has 2 aromatic rings. The van der Waals surface area contributed by atoms with Crippen LogP contribution in [-0.4, -0.2) is 23.7 Å². The fourth-order valence-corrected chi connectivity index (χ4v) is 3.90. The molecule has 162 valence electrons. The normalized spacial score (nSPS) is 12.2. The lowest BCUT2D eigenvalue weighted by molar-refractivity contribution is -0.118. The van der Waals surface area contributed by atoms with Crippen molar-refractivity contribution >= 4 is 35.0 Å². The lowest BCUT2D eigenvalue weighted by Crippen LogP contribution is -2.25. The number of hydrogen-bond acceptors (Lipinski definition) is 4. The van der Waals surface area contributed by atoms with Gasteiger partial charge in [0.15, 0.2) is 0 Å². The van der Waals surface area contributed by atoms with Gasteiger partial charge in [0.25, 0.3) is 0 Å². The molecule has 0 aliphatic rings. The van der Waals surface area contributed by atoms with Crippen LogP contribution in [-0.2, 0) is 9.59 Å². The molecule has 2 aromatic carbocycles. The number of carbonyl (C=O) groups excluding carboxylic acids is 2. The molecule has 5 nitrogen and oxygen atoms in total. The van der Waals surface area contributed by atoms with E-state index in [2.05, 4.69) is 10.6 Å². The van der Waals surface area contributed by atoms with Gasteiger partial charge in [0.2, 0.25) is 11.8 Å². The van der Waals surface area contributed by atoms with E-state index < -0.39 is 0 Å². The highest BCUT2D eigenvalue weighted by Gasteiger charge is 2.20. The second kappa shape index (κ2) is 11.1. The number of nitrogens with one attached hydrogen (secondary N) is 2. The molecule has 0 fully saturated rings. The van der Waals surface area contributed by atoms with Crippen LogP contribution in [0.4, 0.5) is 11.4 Å². The van der Waals surface area contributed by atoms with Gasteiger partial charge in [-0.15, -0.1) is 11.8 Å². The molecule has 30 heavy (non-hydrogen) atoms. The fourth-order valence-electron chi connectivity index (χ4n) is 2.89. The number of rotatable bonds is 9. The third kappa shape index (κ3) is 7.75. The first-order chi connectivity index (χ1) is 14.2. The molecule has 2 rings (SSSR count). The Labute approximate surface area is 184 Å². The number of carbonyl (C=O) groups is 2. The first-order valence-corrected chi connectivity index (χ1v) is 11.2. The van der Waals surface area contributed by atoms with Gasteiger partial charge in [-0.3, -0.25) is 9.59 Å². The van der Waals surface area contributed by atoms with Crippen molar-refractivity contribution in [3.63, 3.8) is 0 Å². The quantitative estimate of drug-likeness (QED) is 0.483. The van der Waals surface area contributed by atoms with E-state index >= 15 is 0 Å². The molecule has 0 bridgehead atoms. The van der Waals surface area contributed by atoms with Crippen LogP contribution in [0.2, 0.25) is 0 Å². The Morgan fingerprint density at radius 2 is 1.77 bits per heavy atom. The minimum absolute atomic E-state index is 0.0121. The summed E-state index contributed by atoms with van der Waals surface area (Å²) in [6.45, 7) is 10.5. The van der Waals surface area contributed by atoms with Gasteiger partial charge in [0.1, 0.15) is 5.75 Å². The van der Waals surface area contributed by atoms with Crippen LogP contribution in [0.3, 0.4) is 0 Å². The summed E-state index contributed by atoms with van der Waals surface area (Å²) in [6.07, 6.45) is 1.12. The number of hydrogen-bond donors (Lipinski definition) is 2. The van der Waals surface area contributed by atoms with Crippen LogP contribution in [0.1, 0.15) is 47.5 Å². The molecular formula is C24H32N2O3S. The number of para-hydroxylation sites is 2. The van der Waals surface area contributed by atoms with Gasteiger partial charge in [-0.1, -0.05) is 45.9 Å². The summed E-state index contributed by atoms with van der Waals surface area (Å²) in [7, 11) is 0. The third-order valence-corrected chi connectivity index (χ3v) is 5.55. The highest BCUT2D eigenvalue weighted by Crippen LogP contribution is 2.30. The third-order valence-electron chi connectivity index (χ3n) is 4.20. The average Bonchev–Trinajstić information content (AvgIpc) is 2.66. The zero-order valence-corrected chi connectivity index (χ0v) is 19.3. The van der Waals surface area contributed by atoms with Crippen molar-refractivity contribution in [2.24, 2.45) is 5.41 Å². The Balaban J connectivity index is 2.05. The Bertz CT molecular complexity index is 862. The van der Waals surface area contributed by atoms with Crippen molar-refractivity contribution in [3.8, 4) is 5.75 Å². The predicted molar refractivity (Wildman–Crippen MR) is 125 cm³/mol. The highest BCUT2D eigenvalue weighted by molar-refractivity contribution is 8.00. The van der Waals surface area contributed by atoms with Crippen molar-refractivity contribution in [2.75, 3.05) is 17.2 Å². The van der Waals surface area contributed by atoms with Gasteiger partial charge in [-0.2, -0.15) is 0 Å². The summed E-state index contributed by atoms with van der Waals surface area (Å²) in [5, 5.41) is 5.67. The molecule has 1 atom stereocenters. The molecule has 0 saturated heterocycles. The first-order valence-electron chi connectivity index (χ1n) is 10.3. The molecule has 6 heteroatoms. The zero-order chi connectivity index (χ0) is 22.1. The summed E-state index contributed by atoms with van der Waals surface area (Å²) >= 11 is 1.49. The van der Waals surface area contributed by atoms with E-state index in [1.54, 1.807) is 0 Å². The van der Waals surface area contributed by atoms with Crippen molar-refractivity contribution in [2.45, 2.75) is 57.6 Å². The van der Waals surface area contributed by atoms with Gasteiger partial charge in [-0.25, -0.2) is 0 Å². The Hall–Kier alpha value is -2.47. The standard InChI is InChI=1S/C24H32N2O3S/c1-6-21(23(28)26-19-13-8-9-14-20(19)29-7-2)30-18-12-10-11-17(15-18)25-22(27)16-24(3,4)5/h8-15,21H,6-7,16H2,1-5H3,(H,25,27)(H,26,28). The Morgan fingerprint density at radius 3 is 2.43 bits per heavy atom. The number of ether oxygens (including phenoxy) is 1. The van der Waals surface area contributed by atoms with Gasteiger partial charge < -0.3 is 15.4 Å². The molecule has 2 amide bonds. The second-order valence-corrected chi connectivity index (χ2v) is 9.52. The summed E-state index contributed by atoms with van der Waals surface area (Å²) in [5.74, 6) is 0.579. The predicted octanol–water partition coefficient (Wildman–Crippen LogP) is 5.97. The average molecular weight is 429 g/mol. The number of amides is 2. The zero-order valence-electron chi connectivity index (χ0n) is 18.5. The van der Waals surface area contributed by atoms with E-state index in [0.29, 0.717) is 30.9 Å². The van der Waals surface area contributed by atoms with Gasteiger partial charge in [0.05, 0.1) is 17.5 Å². The van der Waals surface area contributed by atoms with Crippen molar-refractivity contribution in [1.29, 1.82) is 0 Å². The van der Waals surface area contributed by atoms with Crippen LogP contribution < -0.4 is 15.4 Å². The van der Waals surface area contributed by atoms with Crippen molar-refractivity contribution < 1.29 is 14.3 Å². The summed E-state index contributed by atoms with van der Waals surface area (Å²) in [5.41, 5.74) is 1.34. The smallest absolute Gasteiger partial charge is 0.237 e. The van der Waals surface area contributed by atoms with Crippen LogP contribution in [0.25, 0.3) is 0 Å². The van der Waals surface area contributed by atoms with E-state index in [1.165, 1.54) is 11.8 Å². The number of benzene rings is 2. The maximum Gasteiger partial charge on any atom is 0.237 e. The Kier molecular flexibility index (Phi) is 8.78. The molecule has 2 N–H and O–H groups in total. The summed E-state index contributed by atoms with van der Waals surface area (Å²) in [4.78, 5) is 26.0. The fraction of sp³-hybridized carbons (Fsp3) is 0.417. The molecule has 1 unspecified atom stereocenters. The first kappa shape index (κ1) is 23.8. The summed E-state index contributed by atoms with van der Waals surface area (Å²) in [6, 6.07) is 15.1. The lowest BCUT2D eigenvalue weighted by atomic mass is 9.92. The Morgan fingerprint density at radius 1 is 1.03 bits per heavy atom. The molecular weight excluding hydrogens is 396 g/mol. The minimum Gasteiger partial charge on any atom is -0.492 e. The molecule has 0 heterocycles. The molecule has 0 spiro atoms. The topological polar surface area (TPSA) is 67.4 Å². The van der Waals surface area contributed by atoms with Gasteiger partial charge >= 0.3 is 0 Å². The number of thioether (sulfide) groups is 1. The van der Waals surface area contributed by atoms with Crippen molar-refractivity contribution in [1.82, 2.24) is 0 Å². The van der Waals surface area contributed by atoms with Crippen LogP contribution in [0, 0.1) is 5.41 Å². The molecule has 0 aromatic heterocycles. The highest BCUT2D eigenvalue weighted by atomic mass is 32.2. The van der Waals surface area contributed by atoms with E-state index in [4.69, 9.17) is 4.74 Å². The van der Waals surface area contributed by atoms with E-state index in [-0.39, 0.29) is 22.5 Å². The molecule has 0 radical (unpaired) electrons. The monoisotopic (exact) mass is 428 g/mol. The lowest BCUT2D eigenvalue weighted by Gasteiger charge is -2.18. The van der Waals surface area contributed by atoms with Crippen LogP contribution in [0.15, 0.2) is 53.4 Å². The summed E-state index contributed by atoms with van der Waals surface area (Å²) < 4.78 is 5.59.